The highest BCUT2D eigenvalue weighted by Gasteiger charge is 2.49. The quantitative estimate of drug-likeness (QED) is 0.384. The van der Waals surface area contributed by atoms with Gasteiger partial charge in [-0.2, -0.15) is 0 Å². The Morgan fingerprint density at radius 2 is 2.00 bits per heavy atom. The van der Waals surface area contributed by atoms with E-state index in [4.69, 9.17) is 5.73 Å². The Hall–Kier alpha value is -3.88. The summed E-state index contributed by atoms with van der Waals surface area (Å²) < 4.78 is 0. The molecule has 1 saturated carbocycles. The van der Waals surface area contributed by atoms with Gasteiger partial charge in [-0.05, 0) is 50.5 Å². The highest BCUT2D eigenvalue weighted by Crippen LogP contribution is 2.45. The number of allylic oxidation sites excluding steroid dienone is 1. The van der Waals surface area contributed by atoms with E-state index >= 15 is 0 Å². The number of benzene rings is 1. The molecular weight excluding hydrogens is 430 g/mol. The fourth-order valence-electron chi connectivity index (χ4n) is 5.29. The number of anilines is 3. The van der Waals surface area contributed by atoms with Crippen LogP contribution >= 0.6 is 0 Å². The van der Waals surface area contributed by atoms with Gasteiger partial charge in [-0.25, -0.2) is 4.98 Å². The van der Waals surface area contributed by atoms with Gasteiger partial charge in [0.05, 0.1) is 23.0 Å². The lowest BCUT2D eigenvalue weighted by atomic mass is 9.88. The number of rotatable bonds is 8. The lowest BCUT2D eigenvalue weighted by Gasteiger charge is -2.25. The molecule has 3 aromatic rings. The van der Waals surface area contributed by atoms with Crippen LogP contribution in [0.25, 0.3) is 11.0 Å². The average Bonchev–Trinajstić information content (AvgIpc) is 3.56. The van der Waals surface area contributed by atoms with Crippen molar-refractivity contribution in [3.8, 4) is 0 Å². The number of nitrogens with two attached hydrogens (primary N) is 1. The van der Waals surface area contributed by atoms with Crippen LogP contribution in [0.1, 0.15) is 30.6 Å². The van der Waals surface area contributed by atoms with Crippen molar-refractivity contribution in [2.45, 2.75) is 26.3 Å². The zero-order chi connectivity index (χ0) is 23.8. The van der Waals surface area contributed by atoms with Crippen LogP contribution in [0.5, 0.6) is 0 Å². The van der Waals surface area contributed by atoms with E-state index in [9.17, 15) is 9.59 Å². The van der Waals surface area contributed by atoms with Gasteiger partial charge in [-0.15, -0.1) is 0 Å². The molecule has 4 unspecified atom stereocenters. The number of aromatic nitrogens is 3. The molecule has 6 N–H and O–H groups in total. The van der Waals surface area contributed by atoms with Gasteiger partial charge in [0.25, 0.3) is 5.91 Å². The first-order valence-corrected chi connectivity index (χ1v) is 11.8. The fraction of sp³-hybridized carbons (Fsp3) is 0.360. The monoisotopic (exact) mass is 460 g/mol. The van der Waals surface area contributed by atoms with Gasteiger partial charge < -0.3 is 20.9 Å². The van der Waals surface area contributed by atoms with Crippen molar-refractivity contribution in [3.05, 3.63) is 54.2 Å². The fourth-order valence-corrected chi connectivity index (χ4v) is 5.29. The highest BCUT2D eigenvalue weighted by atomic mass is 16.2. The van der Waals surface area contributed by atoms with E-state index in [0.717, 1.165) is 23.3 Å². The average molecular weight is 461 g/mol. The molecule has 9 heteroatoms. The topological polar surface area (TPSA) is 130 Å². The minimum Gasteiger partial charge on any atom is -0.369 e. The normalized spacial score (nSPS) is 22.8. The molecule has 2 amide bonds. The molecule has 0 saturated heterocycles. The van der Waals surface area contributed by atoms with Crippen molar-refractivity contribution >= 4 is 40.3 Å². The number of hydrogen-bond donors (Lipinski definition) is 4. The zero-order valence-electron chi connectivity index (χ0n) is 19.3. The summed E-state index contributed by atoms with van der Waals surface area (Å²) in [4.78, 5) is 37.9. The summed E-state index contributed by atoms with van der Waals surface area (Å²) in [5, 5.41) is 7.73. The Morgan fingerprint density at radius 1 is 1.21 bits per heavy atom. The predicted molar refractivity (Wildman–Crippen MR) is 130 cm³/mol. The van der Waals surface area contributed by atoms with E-state index in [1.807, 2.05) is 50.4 Å². The van der Waals surface area contributed by atoms with Crippen molar-refractivity contribution in [2.24, 2.45) is 23.5 Å². The highest BCUT2D eigenvalue weighted by molar-refractivity contribution is 5.95. The molecule has 0 aliphatic heterocycles. The Morgan fingerprint density at radius 3 is 2.76 bits per heavy atom. The molecule has 0 spiro atoms. The van der Waals surface area contributed by atoms with Crippen LogP contribution < -0.4 is 21.4 Å². The van der Waals surface area contributed by atoms with E-state index in [2.05, 4.69) is 37.7 Å². The first-order chi connectivity index (χ1) is 16.5. The number of aromatic amines is 2. The largest absolute Gasteiger partial charge is 0.369 e. The van der Waals surface area contributed by atoms with E-state index in [-0.39, 0.29) is 35.6 Å². The van der Waals surface area contributed by atoms with Crippen molar-refractivity contribution in [3.63, 3.8) is 0 Å². The van der Waals surface area contributed by atoms with E-state index in [0.29, 0.717) is 30.2 Å². The number of nitrogens with one attached hydrogen (secondary N) is 4. The third-order valence-electron chi connectivity index (χ3n) is 6.98. The Bertz CT molecular complexity index is 1260. The maximum Gasteiger partial charge on any atom is 0.351 e. The standard InChI is InChI=1S/C25H29N7O2/c1-3-32(4-2)24(34)16-6-5-7-17(13-16)28-25-30-22-18(10-11-27-22)23(31-25)29-20-15-9-8-14(12-15)19(20)21(26)33/h5-11,13-15,19-20H,3-4,12H2,1-2H3,(H2,26,33)(H3,27,28,29,30,31)/p+1. The second-order valence-electron chi connectivity index (χ2n) is 8.93. The molecule has 2 aliphatic rings. The minimum absolute atomic E-state index is 0.00500. The van der Waals surface area contributed by atoms with E-state index < -0.39 is 0 Å². The lowest BCUT2D eigenvalue weighted by molar-refractivity contribution is -0.346. The molecule has 176 valence electrons. The van der Waals surface area contributed by atoms with Gasteiger partial charge in [0.1, 0.15) is 0 Å². The molecule has 2 aromatic heterocycles. The first kappa shape index (κ1) is 21.9. The van der Waals surface area contributed by atoms with Crippen LogP contribution in [-0.4, -0.2) is 45.8 Å². The predicted octanol–water partition coefficient (Wildman–Crippen LogP) is 2.69. The second kappa shape index (κ2) is 8.81. The van der Waals surface area contributed by atoms with Crippen LogP contribution in [0.4, 0.5) is 17.5 Å². The van der Waals surface area contributed by atoms with E-state index in [1.165, 1.54) is 0 Å². The summed E-state index contributed by atoms with van der Waals surface area (Å²) in [7, 11) is 0. The van der Waals surface area contributed by atoms with Gasteiger partial charge in [-0.1, -0.05) is 23.2 Å². The molecule has 4 atom stereocenters. The molecule has 2 bridgehead atoms. The van der Waals surface area contributed by atoms with Gasteiger partial charge in [0.2, 0.25) is 17.4 Å². The first-order valence-electron chi connectivity index (χ1n) is 11.8. The maximum atomic E-state index is 12.8. The third kappa shape index (κ3) is 3.87. The van der Waals surface area contributed by atoms with Crippen molar-refractivity contribution in [1.29, 1.82) is 0 Å². The lowest BCUT2D eigenvalue weighted by Crippen LogP contribution is -2.42. The molecule has 5 rings (SSSR count). The van der Waals surface area contributed by atoms with Crippen LogP contribution in [0, 0.1) is 17.8 Å². The molecule has 0 radical (unpaired) electrons. The Labute approximate surface area is 197 Å². The summed E-state index contributed by atoms with van der Waals surface area (Å²) in [6.45, 7) is 5.26. The molecule has 9 nitrogen and oxygen atoms in total. The number of fused-ring (bicyclic) bond motifs is 3. The number of amides is 2. The summed E-state index contributed by atoms with van der Waals surface area (Å²) in [5.41, 5.74) is 7.81. The van der Waals surface area contributed by atoms with Crippen LogP contribution in [0.15, 0.2) is 48.7 Å². The van der Waals surface area contributed by atoms with Gasteiger partial charge in [0, 0.05) is 30.8 Å². The van der Waals surface area contributed by atoms with Crippen molar-refractivity contribution in [1.82, 2.24) is 14.9 Å². The smallest absolute Gasteiger partial charge is 0.351 e. The summed E-state index contributed by atoms with van der Waals surface area (Å²) >= 11 is 0. The maximum absolute atomic E-state index is 12.8. The van der Waals surface area contributed by atoms with Gasteiger partial charge in [0.15, 0.2) is 0 Å². The minimum atomic E-state index is -0.276. The number of nitrogens with zero attached hydrogens (tertiary/aromatic N) is 2. The Balaban J connectivity index is 1.43. The molecule has 1 fully saturated rings. The molecule has 34 heavy (non-hydrogen) atoms. The summed E-state index contributed by atoms with van der Waals surface area (Å²) in [6.07, 6.45) is 7.05. The van der Waals surface area contributed by atoms with Gasteiger partial charge >= 0.3 is 5.95 Å². The molecule has 2 aliphatic carbocycles. The third-order valence-corrected chi connectivity index (χ3v) is 6.98. The van der Waals surface area contributed by atoms with Crippen molar-refractivity contribution < 1.29 is 14.6 Å². The zero-order valence-corrected chi connectivity index (χ0v) is 19.3. The number of H-pyrrole nitrogens is 2. The molecule has 1 aromatic carbocycles. The summed E-state index contributed by atoms with van der Waals surface area (Å²) in [6, 6.07) is 9.25. The Kier molecular flexibility index (Phi) is 5.69. The van der Waals surface area contributed by atoms with Crippen LogP contribution in [0.3, 0.4) is 0 Å². The SMILES string of the molecule is CCN(CC)C(=O)c1cccc(Nc2nc3[nH]ccc3c(NC3C4C=CC(C4)C3C(N)=O)[nH+]2)c1. The number of primary amides is 1. The second-order valence-corrected chi connectivity index (χ2v) is 8.93. The number of carbonyl (C=O) groups excluding carboxylic acids is 2. The number of carbonyl (C=O) groups is 2. The molecule has 2 heterocycles. The summed E-state index contributed by atoms with van der Waals surface area (Å²) in [5.74, 6) is 1.20. The number of hydrogen-bond acceptors (Lipinski definition) is 5. The van der Waals surface area contributed by atoms with Gasteiger partial charge in [-0.3, -0.25) is 14.9 Å². The van der Waals surface area contributed by atoms with Crippen LogP contribution in [0.2, 0.25) is 0 Å². The van der Waals surface area contributed by atoms with Crippen LogP contribution in [-0.2, 0) is 4.79 Å². The van der Waals surface area contributed by atoms with Crippen molar-refractivity contribution in [2.75, 3.05) is 23.7 Å². The van der Waals surface area contributed by atoms with E-state index in [1.54, 1.807) is 4.90 Å². The molecular formula is C25H30N7O2+.